The van der Waals surface area contributed by atoms with Crippen molar-refractivity contribution in [1.82, 2.24) is 9.97 Å². The summed E-state index contributed by atoms with van der Waals surface area (Å²) in [5.41, 5.74) is 1.98. The third-order valence-corrected chi connectivity index (χ3v) is 2.22. The van der Waals surface area contributed by atoms with Gasteiger partial charge in [-0.25, -0.2) is 9.97 Å². The molecule has 2 rings (SSSR count). The van der Waals surface area contributed by atoms with Crippen LogP contribution in [-0.2, 0) is 0 Å². The number of aromatic nitrogens is 2. The van der Waals surface area contributed by atoms with Gasteiger partial charge in [-0.3, -0.25) is 0 Å². The fraction of sp³-hybridized carbons (Fsp3) is 0.167. The van der Waals surface area contributed by atoms with Gasteiger partial charge < -0.3 is 5.11 Å². The Morgan fingerprint density at radius 1 is 1.07 bits per heavy atom. The number of aliphatic hydroxyl groups excluding tert-OH is 1. The molecule has 1 aromatic heterocycles. The second-order valence-electron chi connectivity index (χ2n) is 3.42. The first-order chi connectivity index (χ1) is 7.27. The van der Waals surface area contributed by atoms with Crippen molar-refractivity contribution < 1.29 is 5.11 Å². The highest BCUT2D eigenvalue weighted by Crippen LogP contribution is 2.18. The van der Waals surface area contributed by atoms with Gasteiger partial charge in [-0.15, -0.1) is 0 Å². The maximum Gasteiger partial charge on any atom is 0.161 e. The first-order valence-electron chi connectivity index (χ1n) is 4.79. The number of nitrogens with zero attached hydrogens (tertiary/aromatic N) is 2. The van der Waals surface area contributed by atoms with Crippen LogP contribution in [0.15, 0.2) is 42.7 Å². The number of hydrogen-bond acceptors (Lipinski definition) is 3. The van der Waals surface area contributed by atoms with Crippen LogP contribution in [0.2, 0.25) is 0 Å². The summed E-state index contributed by atoms with van der Waals surface area (Å²) in [6.45, 7) is 2.01. The summed E-state index contributed by atoms with van der Waals surface area (Å²) in [6, 6.07) is 9.42. The lowest BCUT2D eigenvalue weighted by atomic mass is 10.1. The van der Waals surface area contributed by atoms with Gasteiger partial charge in [-0.05, 0) is 18.6 Å². The highest BCUT2D eigenvalue weighted by molar-refractivity contribution is 5.26. The van der Waals surface area contributed by atoms with Crippen molar-refractivity contribution in [3.63, 3.8) is 0 Å². The SMILES string of the molecule is Cc1ccc(C(O)c2ncccn2)cc1. The van der Waals surface area contributed by atoms with Gasteiger partial charge in [0, 0.05) is 12.4 Å². The minimum Gasteiger partial charge on any atom is -0.380 e. The zero-order valence-corrected chi connectivity index (χ0v) is 8.46. The van der Waals surface area contributed by atoms with Crippen molar-refractivity contribution in [1.29, 1.82) is 0 Å². The molecule has 0 amide bonds. The van der Waals surface area contributed by atoms with Crippen LogP contribution < -0.4 is 0 Å². The van der Waals surface area contributed by atoms with E-state index in [1.807, 2.05) is 31.2 Å². The van der Waals surface area contributed by atoms with E-state index < -0.39 is 6.10 Å². The number of hydrogen-bond donors (Lipinski definition) is 1. The Kier molecular flexibility index (Phi) is 2.74. The summed E-state index contributed by atoms with van der Waals surface area (Å²) in [4.78, 5) is 8.03. The normalized spacial score (nSPS) is 12.4. The number of aliphatic hydroxyl groups is 1. The standard InChI is InChI=1S/C12H12N2O/c1-9-3-5-10(6-4-9)11(15)12-13-7-2-8-14-12/h2-8,11,15H,1H3. The quantitative estimate of drug-likeness (QED) is 0.804. The van der Waals surface area contributed by atoms with Gasteiger partial charge in [0.25, 0.3) is 0 Å². The Bertz CT molecular complexity index is 425. The average molecular weight is 200 g/mol. The van der Waals surface area contributed by atoms with E-state index in [0.29, 0.717) is 5.82 Å². The Hall–Kier alpha value is -1.74. The predicted molar refractivity (Wildman–Crippen MR) is 57.3 cm³/mol. The van der Waals surface area contributed by atoms with E-state index in [9.17, 15) is 5.11 Å². The maximum absolute atomic E-state index is 9.96. The Morgan fingerprint density at radius 2 is 1.67 bits per heavy atom. The van der Waals surface area contributed by atoms with Crippen molar-refractivity contribution in [3.8, 4) is 0 Å². The minimum absolute atomic E-state index is 0.432. The molecule has 0 saturated heterocycles. The van der Waals surface area contributed by atoms with Gasteiger partial charge >= 0.3 is 0 Å². The van der Waals surface area contributed by atoms with Crippen LogP contribution in [-0.4, -0.2) is 15.1 Å². The van der Waals surface area contributed by atoms with Crippen molar-refractivity contribution in [2.45, 2.75) is 13.0 Å². The van der Waals surface area contributed by atoms with Crippen molar-refractivity contribution in [3.05, 3.63) is 59.7 Å². The molecule has 1 aromatic carbocycles. The zero-order chi connectivity index (χ0) is 10.7. The van der Waals surface area contributed by atoms with Gasteiger partial charge in [0.1, 0.15) is 6.10 Å². The van der Waals surface area contributed by atoms with E-state index in [0.717, 1.165) is 5.56 Å². The molecule has 0 aliphatic carbocycles. The van der Waals surface area contributed by atoms with Crippen LogP contribution in [0.25, 0.3) is 0 Å². The first kappa shape index (κ1) is 9.80. The van der Waals surface area contributed by atoms with Crippen LogP contribution in [0, 0.1) is 6.92 Å². The van der Waals surface area contributed by atoms with Crippen molar-refractivity contribution in [2.24, 2.45) is 0 Å². The summed E-state index contributed by atoms with van der Waals surface area (Å²) in [5.74, 6) is 0.432. The molecule has 1 heterocycles. The van der Waals surface area contributed by atoms with E-state index in [4.69, 9.17) is 0 Å². The lowest BCUT2D eigenvalue weighted by Gasteiger charge is -2.08. The van der Waals surface area contributed by atoms with E-state index in [-0.39, 0.29) is 0 Å². The second-order valence-corrected chi connectivity index (χ2v) is 3.42. The molecule has 0 bridgehead atoms. The molecule has 2 aromatic rings. The summed E-state index contributed by atoms with van der Waals surface area (Å²) in [7, 11) is 0. The molecule has 1 unspecified atom stereocenters. The number of aryl methyl sites for hydroxylation is 1. The van der Waals surface area contributed by atoms with E-state index >= 15 is 0 Å². The van der Waals surface area contributed by atoms with E-state index in [1.165, 1.54) is 5.56 Å². The van der Waals surface area contributed by atoms with Gasteiger partial charge in [0.05, 0.1) is 0 Å². The van der Waals surface area contributed by atoms with Gasteiger partial charge in [0.2, 0.25) is 0 Å². The minimum atomic E-state index is -0.744. The summed E-state index contributed by atoms with van der Waals surface area (Å²) >= 11 is 0. The van der Waals surface area contributed by atoms with Crippen molar-refractivity contribution in [2.75, 3.05) is 0 Å². The Labute approximate surface area is 88.5 Å². The fourth-order valence-corrected chi connectivity index (χ4v) is 1.35. The molecular formula is C12H12N2O. The average Bonchev–Trinajstić information content (AvgIpc) is 2.30. The molecule has 3 nitrogen and oxygen atoms in total. The molecule has 0 radical (unpaired) electrons. The lowest BCUT2D eigenvalue weighted by Crippen LogP contribution is -2.04. The van der Waals surface area contributed by atoms with E-state index in [1.54, 1.807) is 18.5 Å². The molecule has 0 saturated carbocycles. The van der Waals surface area contributed by atoms with Gasteiger partial charge in [0.15, 0.2) is 5.82 Å². The van der Waals surface area contributed by atoms with Crippen LogP contribution >= 0.6 is 0 Å². The number of benzene rings is 1. The lowest BCUT2D eigenvalue weighted by molar-refractivity contribution is 0.210. The smallest absolute Gasteiger partial charge is 0.161 e. The van der Waals surface area contributed by atoms with Gasteiger partial charge in [-0.1, -0.05) is 29.8 Å². The third-order valence-electron chi connectivity index (χ3n) is 2.22. The molecule has 3 heteroatoms. The number of rotatable bonds is 2. The van der Waals surface area contributed by atoms with Crippen LogP contribution in [0.5, 0.6) is 0 Å². The molecule has 0 spiro atoms. The summed E-state index contributed by atoms with van der Waals surface area (Å²) < 4.78 is 0. The molecule has 76 valence electrons. The Morgan fingerprint density at radius 3 is 2.27 bits per heavy atom. The van der Waals surface area contributed by atoms with Crippen LogP contribution in [0.3, 0.4) is 0 Å². The monoisotopic (exact) mass is 200 g/mol. The topological polar surface area (TPSA) is 46.0 Å². The second kappa shape index (κ2) is 4.19. The first-order valence-corrected chi connectivity index (χ1v) is 4.79. The highest BCUT2D eigenvalue weighted by Gasteiger charge is 2.11. The van der Waals surface area contributed by atoms with Crippen LogP contribution in [0.1, 0.15) is 23.1 Å². The highest BCUT2D eigenvalue weighted by atomic mass is 16.3. The van der Waals surface area contributed by atoms with Crippen LogP contribution in [0.4, 0.5) is 0 Å². The summed E-state index contributed by atoms with van der Waals surface area (Å²) in [5, 5.41) is 9.96. The molecular weight excluding hydrogens is 188 g/mol. The predicted octanol–water partition coefficient (Wildman–Crippen LogP) is 1.87. The molecule has 15 heavy (non-hydrogen) atoms. The van der Waals surface area contributed by atoms with E-state index in [2.05, 4.69) is 9.97 Å². The molecule has 0 fully saturated rings. The van der Waals surface area contributed by atoms with Gasteiger partial charge in [-0.2, -0.15) is 0 Å². The largest absolute Gasteiger partial charge is 0.380 e. The fourth-order valence-electron chi connectivity index (χ4n) is 1.35. The third kappa shape index (κ3) is 2.19. The summed E-state index contributed by atoms with van der Waals surface area (Å²) in [6.07, 6.45) is 2.51. The molecule has 0 aliphatic heterocycles. The zero-order valence-electron chi connectivity index (χ0n) is 8.46. The molecule has 1 N–H and O–H groups in total. The maximum atomic E-state index is 9.96. The molecule has 0 aliphatic rings. The Balaban J connectivity index is 2.29. The molecule has 1 atom stereocenters. The van der Waals surface area contributed by atoms with Crippen molar-refractivity contribution >= 4 is 0 Å².